The predicted molar refractivity (Wildman–Crippen MR) is 140 cm³/mol. The third-order valence-electron chi connectivity index (χ3n) is 8.57. The standard InChI is InChI=1S/C29H43N3O4/c1-31(15-11-22-9-13-30-14-10-22)28(35)23-7-8-24-20-32(16-12-21-5-3-2-4-6-21)29(36)26(19-27(33)34)18-25(24)17-23/h7-8,17,21-22,26,30H,2-6,9-16,18-20H2,1H3,(H,33,34)/t26-/m1/s1. The van der Waals surface area contributed by atoms with Crippen molar-refractivity contribution >= 4 is 17.8 Å². The molecule has 0 unspecified atom stereocenters. The zero-order valence-corrected chi connectivity index (χ0v) is 21.8. The van der Waals surface area contributed by atoms with Crippen molar-refractivity contribution in [2.45, 2.75) is 77.2 Å². The van der Waals surface area contributed by atoms with E-state index >= 15 is 0 Å². The highest BCUT2D eigenvalue weighted by atomic mass is 16.4. The molecule has 1 atom stereocenters. The SMILES string of the molecule is CN(CCC1CCNCC1)C(=O)c1ccc2c(c1)C[C@H](CC(=O)O)C(=O)N(CCC1CCCCC1)C2. The van der Waals surface area contributed by atoms with Gasteiger partial charge in [0.15, 0.2) is 0 Å². The lowest BCUT2D eigenvalue weighted by Crippen LogP contribution is -2.37. The van der Waals surface area contributed by atoms with Gasteiger partial charge in [-0.15, -0.1) is 0 Å². The van der Waals surface area contributed by atoms with Crippen molar-refractivity contribution in [3.05, 3.63) is 34.9 Å². The maximum atomic E-state index is 13.4. The number of rotatable bonds is 9. The Kier molecular flexibility index (Phi) is 9.41. The summed E-state index contributed by atoms with van der Waals surface area (Å²) in [5.41, 5.74) is 2.60. The molecule has 0 spiro atoms. The van der Waals surface area contributed by atoms with Crippen LogP contribution in [0.2, 0.25) is 0 Å². The molecule has 2 amide bonds. The van der Waals surface area contributed by atoms with Gasteiger partial charge in [-0.2, -0.15) is 0 Å². The van der Waals surface area contributed by atoms with E-state index in [1.54, 1.807) is 4.90 Å². The monoisotopic (exact) mass is 497 g/mol. The molecule has 0 radical (unpaired) electrons. The first-order valence-electron chi connectivity index (χ1n) is 14.0. The lowest BCUT2D eigenvalue weighted by molar-refractivity contribution is -0.144. The Hall–Kier alpha value is -2.41. The maximum Gasteiger partial charge on any atom is 0.304 e. The number of aliphatic carboxylic acids is 1. The van der Waals surface area contributed by atoms with E-state index in [4.69, 9.17) is 0 Å². The molecule has 1 aromatic carbocycles. The minimum Gasteiger partial charge on any atom is -0.481 e. The van der Waals surface area contributed by atoms with Gasteiger partial charge in [-0.3, -0.25) is 14.4 Å². The number of benzene rings is 1. The minimum absolute atomic E-state index is 0.00810. The van der Waals surface area contributed by atoms with Crippen molar-refractivity contribution in [1.29, 1.82) is 0 Å². The lowest BCUT2D eigenvalue weighted by Gasteiger charge is -2.28. The first kappa shape index (κ1) is 26.6. The summed E-state index contributed by atoms with van der Waals surface area (Å²) >= 11 is 0. The molecule has 1 aromatic rings. The van der Waals surface area contributed by atoms with Crippen molar-refractivity contribution in [2.24, 2.45) is 17.8 Å². The van der Waals surface area contributed by atoms with E-state index in [1.165, 1.54) is 32.1 Å². The average Bonchev–Trinajstić information content (AvgIpc) is 3.02. The van der Waals surface area contributed by atoms with Crippen LogP contribution in [0.5, 0.6) is 0 Å². The zero-order valence-electron chi connectivity index (χ0n) is 21.8. The molecule has 1 saturated carbocycles. The minimum atomic E-state index is -0.950. The highest BCUT2D eigenvalue weighted by Gasteiger charge is 2.32. The van der Waals surface area contributed by atoms with Crippen LogP contribution >= 0.6 is 0 Å². The van der Waals surface area contributed by atoms with Gasteiger partial charge in [-0.1, -0.05) is 38.2 Å². The second kappa shape index (κ2) is 12.7. The van der Waals surface area contributed by atoms with Crippen molar-refractivity contribution in [1.82, 2.24) is 15.1 Å². The van der Waals surface area contributed by atoms with Crippen LogP contribution < -0.4 is 5.32 Å². The largest absolute Gasteiger partial charge is 0.481 e. The molecule has 2 aliphatic heterocycles. The van der Waals surface area contributed by atoms with Crippen LogP contribution in [-0.2, 0) is 22.6 Å². The molecule has 0 bridgehead atoms. The highest BCUT2D eigenvalue weighted by Crippen LogP contribution is 2.30. The molecule has 198 valence electrons. The third kappa shape index (κ3) is 7.09. The number of carboxylic acids is 1. The van der Waals surface area contributed by atoms with Crippen LogP contribution in [0.25, 0.3) is 0 Å². The van der Waals surface area contributed by atoms with Crippen LogP contribution in [0, 0.1) is 17.8 Å². The molecular formula is C29H43N3O4. The van der Waals surface area contributed by atoms with E-state index < -0.39 is 11.9 Å². The quantitative estimate of drug-likeness (QED) is 0.536. The molecule has 1 saturated heterocycles. The summed E-state index contributed by atoms with van der Waals surface area (Å²) in [4.78, 5) is 41.8. The fourth-order valence-electron chi connectivity index (χ4n) is 6.24. The summed E-state index contributed by atoms with van der Waals surface area (Å²) in [6.45, 7) is 4.02. The van der Waals surface area contributed by atoms with Crippen molar-refractivity contribution < 1.29 is 19.5 Å². The molecule has 2 fully saturated rings. The first-order chi connectivity index (χ1) is 17.4. The Morgan fingerprint density at radius 3 is 2.47 bits per heavy atom. The third-order valence-corrected chi connectivity index (χ3v) is 8.57. The van der Waals surface area contributed by atoms with Gasteiger partial charge in [-0.05, 0) is 80.3 Å². The molecule has 1 aliphatic carbocycles. The Bertz CT molecular complexity index is 921. The second-order valence-corrected chi connectivity index (χ2v) is 11.2. The fraction of sp³-hybridized carbons (Fsp3) is 0.690. The van der Waals surface area contributed by atoms with E-state index in [9.17, 15) is 19.5 Å². The van der Waals surface area contributed by atoms with Crippen LogP contribution in [-0.4, -0.2) is 65.9 Å². The summed E-state index contributed by atoms with van der Waals surface area (Å²) in [7, 11) is 1.86. The Morgan fingerprint density at radius 1 is 1.03 bits per heavy atom. The fourth-order valence-corrected chi connectivity index (χ4v) is 6.24. The molecule has 4 rings (SSSR count). The topological polar surface area (TPSA) is 90.0 Å². The van der Waals surface area contributed by atoms with Gasteiger partial charge < -0.3 is 20.2 Å². The number of carboxylic acid groups (broad SMARTS) is 1. The van der Waals surface area contributed by atoms with E-state index in [1.807, 2.05) is 30.1 Å². The summed E-state index contributed by atoms with van der Waals surface area (Å²) in [6.07, 6.45) is 10.8. The Labute approximate surface area is 215 Å². The number of fused-ring (bicyclic) bond motifs is 1. The number of nitrogens with one attached hydrogen (secondary N) is 1. The summed E-state index contributed by atoms with van der Waals surface area (Å²) in [6, 6.07) is 5.77. The molecule has 2 heterocycles. The number of carbonyl (C=O) groups excluding carboxylic acids is 2. The number of piperidine rings is 1. The van der Waals surface area contributed by atoms with Gasteiger partial charge in [0.2, 0.25) is 5.91 Å². The zero-order chi connectivity index (χ0) is 25.5. The van der Waals surface area contributed by atoms with E-state index in [-0.39, 0.29) is 18.2 Å². The molecule has 3 aliphatic rings. The molecular weight excluding hydrogens is 454 g/mol. The van der Waals surface area contributed by atoms with Gasteiger partial charge in [0.25, 0.3) is 5.91 Å². The van der Waals surface area contributed by atoms with E-state index in [0.717, 1.165) is 56.4 Å². The average molecular weight is 498 g/mol. The number of carbonyl (C=O) groups is 3. The van der Waals surface area contributed by atoms with Gasteiger partial charge in [0.05, 0.1) is 12.3 Å². The molecule has 36 heavy (non-hydrogen) atoms. The summed E-state index contributed by atoms with van der Waals surface area (Å²) in [5, 5.41) is 12.9. The Morgan fingerprint density at radius 2 is 1.75 bits per heavy atom. The van der Waals surface area contributed by atoms with Crippen LogP contribution in [0.1, 0.15) is 85.7 Å². The normalized spacial score (nSPS) is 21.6. The van der Waals surface area contributed by atoms with Crippen LogP contribution in [0.4, 0.5) is 0 Å². The molecule has 7 nitrogen and oxygen atoms in total. The lowest BCUT2D eigenvalue weighted by atomic mass is 9.87. The Balaban J connectivity index is 1.45. The van der Waals surface area contributed by atoms with Crippen molar-refractivity contribution in [3.8, 4) is 0 Å². The van der Waals surface area contributed by atoms with Gasteiger partial charge in [-0.25, -0.2) is 0 Å². The molecule has 7 heteroatoms. The van der Waals surface area contributed by atoms with Gasteiger partial charge in [0.1, 0.15) is 0 Å². The number of nitrogens with zero attached hydrogens (tertiary/aromatic N) is 2. The van der Waals surface area contributed by atoms with E-state index in [2.05, 4.69) is 5.32 Å². The number of hydrogen-bond acceptors (Lipinski definition) is 4. The second-order valence-electron chi connectivity index (χ2n) is 11.2. The summed E-state index contributed by atoms with van der Waals surface area (Å²) < 4.78 is 0. The smallest absolute Gasteiger partial charge is 0.304 e. The first-order valence-corrected chi connectivity index (χ1v) is 14.0. The van der Waals surface area contributed by atoms with Crippen molar-refractivity contribution in [3.63, 3.8) is 0 Å². The number of hydrogen-bond donors (Lipinski definition) is 2. The van der Waals surface area contributed by atoms with E-state index in [0.29, 0.717) is 36.9 Å². The summed E-state index contributed by atoms with van der Waals surface area (Å²) in [5.74, 6) is -0.279. The molecule has 2 N–H and O–H groups in total. The molecule has 0 aromatic heterocycles. The van der Waals surface area contributed by atoms with Crippen LogP contribution in [0.15, 0.2) is 18.2 Å². The predicted octanol–water partition coefficient (Wildman–Crippen LogP) is 4.09. The van der Waals surface area contributed by atoms with Gasteiger partial charge >= 0.3 is 5.97 Å². The highest BCUT2D eigenvalue weighted by molar-refractivity contribution is 5.94. The van der Waals surface area contributed by atoms with Crippen LogP contribution in [0.3, 0.4) is 0 Å². The van der Waals surface area contributed by atoms with Crippen molar-refractivity contribution in [2.75, 3.05) is 33.2 Å². The van der Waals surface area contributed by atoms with Gasteiger partial charge in [0, 0.05) is 32.2 Å². The number of amides is 2. The maximum absolute atomic E-state index is 13.4.